The van der Waals surface area contributed by atoms with Crippen LogP contribution in [0, 0.1) is 13.8 Å². The third kappa shape index (κ3) is 1.67. The molecule has 0 aromatic carbocycles. The maximum atomic E-state index is 5.91. The van der Waals surface area contributed by atoms with Crippen LogP contribution in [-0.4, -0.2) is 14.8 Å². The molecule has 0 aliphatic rings. The highest BCUT2D eigenvalue weighted by atomic mass is 35.5. The van der Waals surface area contributed by atoms with Crippen LogP contribution < -0.4 is 0 Å². The van der Waals surface area contributed by atoms with E-state index in [9.17, 15) is 0 Å². The number of aryl methyl sites for hydroxylation is 2. The summed E-state index contributed by atoms with van der Waals surface area (Å²) in [5, 5.41) is 10.3. The summed E-state index contributed by atoms with van der Waals surface area (Å²) >= 11 is 7.64. The Labute approximate surface area is 91.4 Å². The Kier molecular flexibility index (Phi) is 2.56. The Morgan fingerprint density at radius 3 is 2.71 bits per heavy atom. The molecule has 0 radical (unpaired) electrons. The van der Waals surface area contributed by atoms with Crippen LogP contribution in [0.2, 0.25) is 5.28 Å². The first-order valence-corrected chi connectivity index (χ1v) is 5.52. The lowest BCUT2D eigenvalue weighted by atomic mass is 10.3. The highest BCUT2D eigenvalue weighted by molar-refractivity contribution is 7.10. The maximum Gasteiger partial charge on any atom is 0.225 e. The zero-order valence-corrected chi connectivity index (χ0v) is 9.56. The molecular formula is C9H10ClN3S. The summed E-state index contributed by atoms with van der Waals surface area (Å²) in [4.78, 5) is 1.30. The van der Waals surface area contributed by atoms with E-state index >= 15 is 0 Å². The van der Waals surface area contributed by atoms with E-state index < -0.39 is 0 Å². The second-order valence-electron chi connectivity index (χ2n) is 3.13. The lowest BCUT2D eigenvalue weighted by Crippen LogP contribution is -2.01. The Morgan fingerprint density at radius 1 is 1.43 bits per heavy atom. The molecule has 14 heavy (non-hydrogen) atoms. The van der Waals surface area contributed by atoms with Gasteiger partial charge in [0.2, 0.25) is 5.28 Å². The Morgan fingerprint density at radius 2 is 2.21 bits per heavy atom. The van der Waals surface area contributed by atoms with Gasteiger partial charge in [0.15, 0.2) is 0 Å². The second-order valence-corrected chi connectivity index (χ2v) is 4.47. The van der Waals surface area contributed by atoms with Crippen molar-refractivity contribution in [3.05, 3.63) is 33.0 Å². The maximum absolute atomic E-state index is 5.91. The summed E-state index contributed by atoms with van der Waals surface area (Å²) in [6.45, 7) is 4.77. The van der Waals surface area contributed by atoms with Crippen LogP contribution in [-0.2, 0) is 6.54 Å². The number of nitrogens with zero attached hydrogens (tertiary/aromatic N) is 3. The van der Waals surface area contributed by atoms with Gasteiger partial charge in [0.1, 0.15) is 5.82 Å². The Bertz CT molecular complexity index is 427. The van der Waals surface area contributed by atoms with Crippen molar-refractivity contribution in [3.8, 4) is 0 Å². The predicted molar refractivity (Wildman–Crippen MR) is 57.9 cm³/mol. The minimum atomic E-state index is 0.454. The van der Waals surface area contributed by atoms with Gasteiger partial charge in [0, 0.05) is 4.88 Å². The first kappa shape index (κ1) is 9.68. The lowest BCUT2D eigenvalue weighted by Gasteiger charge is -2.03. The minimum absolute atomic E-state index is 0.454. The smallest absolute Gasteiger partial charge is 0.225 e. The third-order valence-electron chi connectivity index (χ3n) is 2.16. The topological polar surface area (TPSA) is 30.7 Å². The molecule has 0 atom stereocenters. The normalized spacial score (nSPS) is 10.8. The zero-order valence-electron chi connectivity index (χ0n) is 7.99. The molecule has 2 aromatic rings. The number of hydrogen-bond donors (Lipinski definition) is 0. The van der Waals surface area contributed by atoms with Crippen LogP contribution in [0.1, 0.15) is 16.3 Å². The van der Waals surface area contributed by atoms with Gasteiger partial charge in [-0.15, -0.1) is 21.5 Å². The van der Waals surface area contributed by atoms with Crippen LogP contribution in [0.15, 0.2) is 11.4 Å². The first-order chi connectivity index (χ1) is 6.68. The predicted octanol–water partition coefficient (Wildman–Crippen LogP) is 2.66. The molecule has 0 unspecified atom stereocenters. The molecular weight excluding hydrogens is 218 g/mol. The molecule has 0 aliphatic carbocycles. The van der Waals surface area contributed by atoms with Gasteiger partial charge in [-0.25, -0.2) is 0 Å². The van der Waals surface area contributed by atoms with Gasteiger partial charge in [0.05, 0.1) is 6.54 Å². The highest BCUT2D eigenvalue weighted by Gasteiger charge is 2.08. The molecule has 0 N–H and O–H groups in total. The van der Waals surface area contributed by atoms with Crippen LogP contribution in [0.4, 0.5) is 0 Å². The molecule has 74 valence electrons. The van der Waals surface area contributed by atoms with Crippen molar-refractivity contribution in [2.24, 2.45) is 0 Å². The van der Waals surface area contributed by atoms with Crippen LogP contribution in [0.5, 0.6) is 0 Å². The standard InChI is InChI=1S/C9H10ClN3S/c1-6-3-4-14-8(6)5-13-7(2)11-12-9(13)10/h3-4H,5H2,1-2H3. The fraction of sp³-hybridized carbons (Fsp3) is 0.333. The lowest BCUT2D eigenvalue weighted by molar-refractivity contribution is 0.769. The third-order valence-corrected chi connectivity index (χ3v) is 3.45. The van der Waals surface area contributed by atoms with Gasteiger partial charge in [-0.05, 0) is 42.5 Å². The average molecular weight is 228 g/mol. The minimum Gasteiger partial charge on any atom is -0.297 e. The van der Waals surface area contributed by atoms with Gasteiger partial charge < -0.3 is 0 Å². The van der Waals surface area contributed by atoms with E-state index in [0.717, 1.165) is 12.4 Å². The van der Waals surface area contributed by atoms with Gasteiger partial charge in [-0.2, -0.15) is 0 Å². The van der Waals surface area contributed by atoms with Crippen molar-refractivity contribution in [2.75, 3.05) is 0 Å². The largest absolute Gasteiger partial charge is 0.297 e. The molecule has 0 aliphatic heterocycles. The van der Waals surface area contributed by atoms with E-state index in [1.54, 1.807) is 11.3 Å². The van der Waals surface area contributed by atoms with Crippen molar-refractivity contribution in [1.82, 2.24) is 14.8 Å². The molecule has 0 saturated carbocycles. The van der Waals surface area contributed by atoms with Crippen molar-refractivity contribution in [1.29, 1.82) is 0 Å². The summed E-state index contributed by atoms with van der Waals surface area (Å²) < 4.78 is 1.90. The van der Waals surface area contributed by atoms with E-state index in [4.69, 9.17) is 11.6 Å². The fourth-order valence-corrected chi connectivity index (χ4v) is 2.36. The van der Waals surface area contributed by atoms with Gasteiger partial charge in [-0.1, -0.05) is 0 Å². The van der Waals surface area contributed by atoms with Crippen molar-refractivity contribution < 1.29 is 0 Å². The summed E-state index contributed by atoms with van der Waals surface area (Å²) in [6.07, 6.45) is 0. The monoisotopic (exact) mass is 227 g/mol. The molecule has 0 fully saturated rings. The van der Waals surface area contributed by atoms with Crippen molar-refractivity contribution in [2.45, 2.75) is 20.4 Å². The van der Waals surface area contributed by atoms with Crippen molar-refractivity contribution >= 4 is 22.9 Å². The van der Waals surface area contributed by atoms with Crippen LogP contribution in [0.3, 0.4) is 0 Å². The number of rotatable bonds is 2. The van der Waals surface area contributed by atoms with E-state index in [1.807, 2.05) is 11.5 Å². The van der Waals surface area contributed by atoms with Crippen molar-refractivity contribution in [3.63, 3.8) is 0 Å². The number of aromatic nitrogens is 3. The van der Waals surface area contributed by atoms with E-state index in [2.05, 4.69) is 28.6 Å². The average Bonchev–Trinajstić information content (AvgIpc) is 2.67. The molecule has 2 aromatic heterocycles. The van der Waals surface area contributed by atoms with E-state index in [-0.39, 0.29) is 0 Å². The molecule has 2 heterocycles. The fourth-order valence-electron chi connectivity index (χ4n) is 1.24. The Balaban J connectivity index is 2.31. The summed E-state index contributed by atoms with van der Waals surface area (Å²) in [5.74, 6) is 0.850. The molecule has 0 amide bonds. The SMILES string of the molecule is Cc1ccsc1Cn1c(C)nnc1Cl. The van der Waals surface area contributed by atoms with E-state index in [1.165, 1.54) is 10.4 Å². The molecule has 0 spiro atoms. The Hall–Kier alpha value is -0.870. The van der Waals surface area contributed by atoms with Crippen LogP contribution >= 0.6 is 22.9 Å². The van der Waals surface area contributed by atoms with Gasteiger partial charge in [-0.3, -0.25) is 4.57 Å². The van der Waals surface area contributed by atoms with E-state index in [0.29, 0.717) is 5.28 Å². The molecule has 0 bridgehead atoms. The second kappa shape index (κ2) is 3.71. The highest BCUT2D eigenvalue weighted by Crippen LogP contribution is 2.19. The number of halogens is 1. The summed E-state index contributed by atoms with van der Waals surface area (Å²) in [5.41, 5.74) is 1.29. The number of hydrogen-bond acceptors (Lipinski definition) is 3. The molecule has 0 saturated heterocycles. The molecule has 3 nitrogen and oxygen atoms in total. The molecule has 2 rings (SSSR count). The molecule has 5 heteroatoms. The summed E-state index contributed by atoms with van der Waals surface area (Å²) in [6, 6.07) is 2.10. The van der Waals surface area contributed by atoms with Gasteiger partial charge in [0.25, 0.3) is 0 Å². The van der Waals surface area contributed by atoms with Gasteiger partial charge >= 0.3 is 0 Å². The summed E-state index contributed by atoms with van der Waals surface area (Å²) in [7, 11) is 0. The number of thiophene rings is 1. The zero-order chi connectivity index (χ0) is 10.1. The quantitative estimate of drug-likeness (QED) is 0.790. The first-order valence-electron chi connectivity index (χ1n) is 4.27. The van der Waals surface area contributed by atoms with Crippen LogP contribution in [0.25, 0.3) is 0 Å².